The summed E-state index contributed by atoms with van der Waals surface area (Å²) < 4.78 is 5.64. The minimum atomic E-state index is -0.0586. The number of amides is 1. The van der Waals surface area contributed by atoms with E-state index in [9.17, 15) is 4.79 Å². The molecule has 2 N–H and O–H groups in total. The van der Waals surface area contributed by atoms with Crippen molar-refractivity contribution in [3.8, 4) is 5.75 Å². The Morgan fingerprint density at radius 1 is 1.35 bits per heavy atom. The number of hydrogen-bond acceptors (Lipinski definition) is 3. The molecule has 2 aliphatic rings. The van der Waals surface area contributed by atoms with E-state index in [1.807, 2.05) is 29.2 Å². The lowest BCUT2D eigenvalue weighted by molar-refractivity contribution is -0.137. The van der Waals surface area contributed by atoms with Gasteiger partial charge in [-0.2, -0.15) is 0 Å². The second-order valence-corrected chi connectivity index (χ2v) is 5.89. The summed E-state index contributed by atoms with van der Waals surface area (Å²) in [5.41, 5.74) is 7.02. The van der Waals surface area contributed by atoms with Gasteiger partial charge in [-0.05, 0) is 32.3 Å². The first-order valence-electron chi connectivity index (χ1n) is 7.44. The summed E-state index contributed by atoms with van der Waals surface area (Å²) in [7, 11) is 0. The molecule has 0 aromatic heterocycles. The van der Waals surface area contributed by atoms with Crippen LogP contribution >= 0.6 is 0 Å². The van der Waals surface area contributed by atoms with Gasteiger partial charge in [-0.3, -0.25) is 4.79 Å². The molecular formula is C16H22N2O2. The molecule has 1 aromatic rings. The van der Waals surface area contributed by atoms with Gasteiger partial charge in [0.25, 0.3) is 0 Å². The van der Waals surface area contributed by atoms with Gasteiger partial charge in [0.2, 0.25) is 5.91 Å². The molecule has 2 aliphatic heterocycles. The van der Waals surface area contributed by atoms with E-state index in [-0.39, 0.29) is 23.9 Å². The molecule has 3 atom stereocenters. The highest BCUT2D eigenvalue weighted by atomic mass is 16.5. The van der Waals surface area contributed by atoms with E-state index in [4.69, 9.17) is 10.5 Å². The average Bonchev–Trinajstić information content (AvgIpc) is 2.46. The second kappa shape index (κ2) is 5.44. The topological polar surface area (TPSA) is 55.6 Å². The summed E-state index contributed by atoms with van der Waals surface area (Å²) in [6.45, 7) is 3.50. The molecule has 0 aliphatic carbocycles. The van der Waals surface area contributed by atoms with Gasteiger partial charge in [0.05, 0.1) is 12.5 Å². The predicted octanol–water partition coefficient (Wildman–Crippen LogP) is 1.89. The van der Waals surface area contributed by atoms with Crippen LogP contribution in [-0.4, -0.2) is 36.0 Å². The van der Waals surface area contributed by atoms with Crippen molar-refractivity contribution in [2.24, 2.45) is 5.73 Å². The summed E-state index contributed by atoms with van der Waals surface area (Å²) >= 11 is 0. The SMILES string of the molecule is C[C@@H]1C[C@H](N)CCN1C(=O)[C@@H]1CCOc2ccccc21. The molecule has 1 aromatic carbocycles. The monoisotopic (exact) mass is 274 g/mol. The number of piperidine rings is 1. The van der Waals surface area contributed by atoms with Crippen LogP contribution in [0.5, 0.6) is 5.75 Å². The predicted molar refractivity (Wildman–Crippen MR) is 77.7 cm³/mol. The Labute approximate surface area is 119 Å². The van der Waals surface area contributed by atoms with Crippen LogP contribution in [0.25, 0.3) is 0 Å². The molecule has 3 rings (SSSR count). The number of para-hydroxylation sites is 1. The van der Waals surface area contributed by atoms with Crippen LogP contribution in [0.4, 0.5) is 0 Å². The zero-order valence-electron chi connectivity index (χ0n) is 11.9. The number of carbonyl (C=O) groups excluding carboxylic acids is 1. The first-order valence-corrected chi connectivity index (χ1v) is 7.44. The van der Waals surface area contributed by atoms with Crippen LogP contribution in [0.2, 0.25) is 0 Å². The van der Waals surface area contributed by atoms with Crippen molar-refractivity contribution < 1.29 is 9.53 Å². The number of likely N-dealkylation sites (tertiary alicyclic amines) is 1. The molecule has 4 heteroatoms. The molecule has 1 amide bonds. The fourth-order valence-electron chi connectivity index (χ4n) is 3.33. The number of nitrogens with zero attached hydrogens (tertiary/aromatic N) is 1. The first kappa shape index (κ1) is 13.4. The third-order valence-corrected chi connectivity index (χ3v) is 4.46. The van der Waals surface area contributed by atoms with E-state index in [0.29, 0.717) is 6.61 Å². The lowest BCUT2D eigenvalue weighted by Gasteiger charge is -2.39. The number of hydrogen-bond donors (Lipinski definition) is 1. The van der Waals surface area contributed by atoms with Gasteiger partial charge in [0.15, 0.2) is 0 Å². The van der Waals surface area contributed by atoms with E-state index < -0.39 is 0 Å². The van der Waals surface area contributed by atoms with Crippen LogP contribution < -0.4 is 10.5 Å². The van der Waals surface area contributed by atoms with Crippen LogP contribution in [0.15, 0.2) is 24.3 Å². The largest absolute Gasteiger partial charge is 0.493 e. The maximum atomic E-state index is 12.9. The fourth-order valence-corrected chi connectivity index (χ4v) is 3.33. The average molecular weight is 274 g/mol. The molecule has 0 unspecified atom stereocenters. The number of ether oxygens (including phenoxy) is 1. The smallest absolute Gasteiger partial charge is 0.230 e. The normalized spacial score (nSPS) is 29.5. The Balaban J connectivity index is 1.81. The lowest BCUT2D eigenvalue weighted by Crippen LogP contribution is -2.50. The van der Waals surface area contributed by atoms with Crippen molar-refractivity contribution in [3.05, 3.63) is 29.8 Å². The van der Waals surface area contributed by atoms with E-state index in [0.717, 1.165) is 37.1 Å². The Kier molecular flexibility index (Phi) is 3.66. The Hall–Kier alpha value is -1.55. The highest BCUT2D eigenvalue weighted by Crippen LogP contribution is 2.35. The molecule has 1 fully saturated rings. The Bertz CT molecular complexity index is 503. The highest BCUT2D eigenvalue weighted by Gasteiger charge is 2.34. The number of carbonyl (C=O) groups is 1. The van der Waals surface area contributed by atoms with E-state index in [1.165, 1.54) is 0 Å². The fraction of sp³-hybridized carbons (Fsp3) is 0.562. The van der Waals surface area contributed by atoms with Gasteiger partial charge in [-0.25, -0.2) is 0 Å². The zero-order valence-corrected chi connectivity index (χ0v) is 11.9. The van der Waals surface area contributed by atoms with Gasteiger partial charge in [-0.15, -0.1) is 0 Å². The standard InChI is InChI=1S/C16H22N2O2/c1-11-10-12(17)6-8-18(11)16(19)14-7-9-20-15-5-3-2-4-13(14)15/h2-5,11-12,14H,6-10,17H2,1H3/t11-,12-,14-/m1/s1. The molecule has 0 saturated carbocycles. The summed E-state index contributed by atoms with van der Waals surface area (Å²) in [6, 6.07) is 8.36. The number of rotatable bonds is 1. The van der Waals surface area contributed by atoms with Crippen LogP contribution in [0, 0.1) is 0 Å². The molecule has 0 spiro atoms. The number of benzene rings is 1. The summed E-state index contributed by atoms with van der Waals surface area (Å²) in [4.78, 5) is 14.9. The molecule has 108 valence electrons. The van der Waals surface area contributed by atoms with Gasteiger partial charge in [0, 0.05) is 24.2 Å². The molecule has 1 saturated heterocycles. The lowest BCUT2D eigenvalue weighted by atomic mass is 9.89. The van der Waals surface area contributed by atoms with Crippen molar-refractivity contribution in [3.63, 3.8) is 0 Å². The minimum Gasteiger partial charge on any atom is -0.493 e. The number of nitrogens with two attached hydrogens (primary N) is 1. The Morgan fingerprint density at radius 3 is 2.95 bits per heavy atom. The van der Waals surface area contributed by atoms with Crippen LogP contribution in [-0.2, 0) is 4.79 Å². The summed E-state index contributed by atoms with van der Waals surface area (Å²) in [5, 5.41) is 0. The van der Waals surface area contributed by atoms with Gasteiger partial charge >= 0.3 is 0 Å². The minimum absolute atomic E-state index is 0.0586. The van der Waals surface area contributed by atoms with Crippen LogP contribution in [0.1, 0.15) is 37.7 Å². The molecule has 20 heavy (non-hydrogen) atoms. The highest BCUT2D eigenvalue weighted by molar-refractivity contribution is 5.85. The van der Waals surface area contributed by atoms with Crippen molar-refractivity contribution in [2.45, 2.75) is 44.2 Å². The Morgan fingerprint density at radius 2 is 2.15 bits per heavy atom. The quantitative estimate of drug-likeness (QED) is 0.851. The molecule has 0 bridgehead atoms. The maximum absolute atomic E-state index is 12.9. The first-order chi connectivity index (χ1) is 9.66. The van der Waals surface area contributed by atoms with Crippen LogP contribution in [0.3, 0.4) is 0 Å². The van der Waals surface area contributed by atoms with E-state index in [1.54, 1.807) is 0 Å². The second-order valence-electron chi connectivity index (χ2n) is 5.89. The maximum Gasteiger partial charge on any atom is 0.230 e. The third-order valence-electron chi connectivity index (χ3n) is 4.46. The molecule has 4 nitrogen and oxygen atoms in total. The van der Waals surface area contributed by atoms with Crippen molar-refractivity contribution in [1.82, 2.24) is 4.90 Å². The zero-order chi connectivity index (χ0) is 14.1. The van der Waals surface area contributed by atoms with E-state index in [2.05, 4.69) is 6.92 Å². The third kappa shape index (κ3) is 2.40. The van der Waals surface area contributed by atoms with Crippen molar-refractivity contribution >= 4 is 5.91 Å². The molecule has 2 heterocycles. The number of fused-ring (bicyclic) bond motifs is 1. The summed E-state index contributed by atoms with van der Waals surface area (Å²) in [6.07, 6.45) is 2.57. The van der Waals surface area contributed by atoms with Gasteiger partial charge < -0.3 is 15.4 Å². The summed E-state index contributed by atoms with van der Waals surface area (Å²) in [5.74, 6) is 1.04. The molecule has 0 radical (unpaired) electrons. The van der Waals surface area contributed by atoms with Crippen molar-refractivity contribution in [1.29, 1.82) is 0 Å². The molecular weight excluding hydrogens is 252 g/mol. The van der Waals surface area contributed by atoms with Crippen molar-refractivity contribution in [2.75, 3.05) is 13.2 Å². The van der Waals surface area contributed by atoms with Gasteiger partial charge in [0.1, 0.15) is 5.75 Å². The van der Waals surface area contributed by atoms with E-state index >= 15 is 0 Å². The van der Waals surface area contributed by atoms with Gasteiger partial charge in [-0.1, -0.05) is 18.2 Å².